The number of urea groups is 1. The van der Waals surface area contributed by atoms with Gasteiger partial charge >= 0.3 is 6.03 Å². The third-order valence-corrected chi connectivity index (χ3v) is 5.85. The minimum Gasteiger partial charge on any atom is -0.393 e. The Hall–Kier alpha value is -2.92. The maximum Gasteiger partial charge on any atom is 0.323 e. The fourth-order valence-corrected chi connectivity index (χ4v) is 4.29. The summed E-state index contributed by atoms with van der Waals surface area (Å²) in [6, 6.07) is 3.02. The van der Waals surface area contributed by atoms with E-state index in [1.165, 1.54) is 6.07 Å². The highest BCUT2D eigenvalue weighted by Gasteiger charge is 2.24. The molecule has 3 aromatic rings. The number of nitrogens with zero attached hydrogens (tertiary/aromatic N) is 4. The molecule has 1 atom stereocenters. The highest BCUT2D eigenvalue weighted by atomic mass is 32.1. The summed E-state index contributed by atoms with van der Waals surface area (Å²) in [7, 11) is 0. The van der Waals surface area contributed by atoms with Gasteiger partial charge in [0.25, 0.3) is 0 Å². The van der Waals surface area contributed by atoms with Crippen LogP contribution in [0.4, 0.5) is 28.9 Å². The van der Waals surface area contributed by atoms with E-state index in [0.717, 1.165) is 23.5 Å². The van der Waals surface area contributed by atoms with Crippen LogP contribution in [0.5, 0.6) is 0 Å². The molecule has 7 nitrogen and oxygen atoms in total. The van der Waals surface area contributed by atoms with Gasteiger partial charge in [0.1, 0.15) is 0 Å². The number of aliphatic hydroxyl groups excluding tert-OH is 1. The van der Waals surface area contributed by atoms with Crippen LogP contribution in [-0.4, -0.2) is 58.3 Å². The lowest BCUT2D eigenvalue weighted by Crippen LogP contribution is -2.50. The topological polar surface area (TPSA) is 81.6 Å². The molecule has 1 fully saturated rings. The van der Waals surface area contributed by atoms with Crippen molar-refractivity contribution in [3.8, 4) is 0 Å². The number of anilines is 2. The number of aliphatic hydroxyl groups is 1. The Balaban J connectivity index is 1.37. The molecule has 1 unspecified atom stereocenters. The number of hydrogen-bond donors (Lipinski definition) is 2. The largest absolute Gasteiger partial charge is 0.393 e. The molecule has 1 aromatic carbocycles. The zero-order chi connectivity index (χ0) is 22.1. The molecule has 1 aliphatic rings. The van der Waals surface area contributed by atoms with E-state index >= 15 is 0 Å². The van der Waals surface area contributed by atoms with E-state index in [0.29, 0.717) is 42.9 Å². The predicted molar refractivity (Wildman–Crippen MR) is 112 cm³/mol. The number of carbonyl (C=O) groups excluding carboxylic acids is 1. The van der Waals surface area contributed by atoms with Crippen LogP contribution >= 0.6 is 11.3 Å². The van der Waals surface area contributed by atoms with Crippen LogP contribution in [0.15, 0.2) is 24.4 Å². The Morgan fingerprint density at radius 2 is 1.87 bits per heavy atom. The SMILES string of the molecule is CC(O)Cc1cnc(N2CCN(C(=O)Nc3nc4cc(F)c(F)cc4s3)CC2)c(F)c1. The van der Waals surface area contributed by atoms with Gasteiger partial charge in [-0.3, -0.25) is 5.32 Å². The first kappa shape index (κ1) is 21.3. The lowest BCUT2D eigenvalue weighted by Gasteiger charge is -2.35. The third-order valence-electron chi connectivity index (χ3n) is 4.92. The number of halogens is 3. The second-order valence-electron chi connectivity index (χ2n) is 7.36. The fraction of sp³-hybridized carbons (Fsp3) is 0.350. The lowest BCUT2D eigenvalue weighted by molar-refractivity contribution is 0.195. The summed E-state index contributed by atoms with van der Waals surface area (Å²) in [5.41, 5.74) is 0.884. The minimum atomic E-state index is -0.994. The Bertz CT molecular complexity index is 1080. The highest BCUT2D eigenvalue weighted by Crippen LogP contribution is 2.28. The molecule has 2 amide bonds. The molecule has 31 heavy (non-hydrogen) atoms. The number of nitrogens with one attached hydrogen (secondary N) is 1. The van der Waals surface area contributed by atoms with Gasteiger partial charge in [-0.05, 0) is 31.0 Å². The van der Waals surface area contributed by atoms with Crippen molar-refractivity contribution in [2.75, 3.05) is 36.4 Å². The molecular formula is C20H20F3N5O2S. The molecule has 4 rings (SSSR count). The number of pyridine rings is 1. The number of amides is 2. The number of rotatable bonds is 4. The van der Waals surface area contributed by atoms with Crippen molar-refractivity contribution in [1.82, 2.24) is 14.9 Å². The highest BCUT2D eigenvalue weighted by molar-refractivity contribution is 7.22. The first-order valence-corrected chi connectivity index (χ1v) is 10.5. The van der Waals surface area contributed by atoms with Gasteiger partial charge in [-0.15, -0.1) is 0 Å². The normalized spacial score (nSPS) is 15.4. The van der Waals surface area contributed by atoms with Crippen molar-refractivity contribution in [3.63, 3.8) is 0 Å². The quantitative estimate of drug-likeness (QED) is 0.636. The fourth-order valence-electron chi connectivity index (χ4n) is 3.42. The molecule has 0 spiro atoms. The maximum atomic E-state index is 14.4. The minimum absolute atomic E-state index is 0.213. The Morgan fingerprint density at radius 3 is 2.55 bits per heavy atom. The van der Waals surface area contributed by atoms with Crippen molar-refractivity contribution < 1.29 is 23.1 Å². The second-order valence-corrected chi connectivity index (χ2v) is 8.39. The molecule has 2 aromatic heterocycles. The number of fused-ring (bicyclic) bond motifs is 1. The van der Waals surface area contributed by atoms with Crippen LogP contribution in [-0.2, 0) is 6.42 Å². The average molecular weight is 451 g/mol. The summed E-state index contributed by atoms with van der Waals surface area (Å²) in [6.45, 7) is 3.10. The molecule has 0 bridgehead atoms. The first-order valence-electron chi connectivity index (χ1n) is 9.69. The number of carbonyl (C=O) groups is 1. The van der Waals surface area contributed by atoms with E-state index in [9.17, 15) is 23.1 Å². The molecule has 0 radical (unpaired) electrons. The van der Waals surface area contributed by atoms with E-state index < -0.39 is 23.6 Å². The molecular weight excluding hydrogens is 431 g/mol. The van der Waals surface area contributed by atoms with Crippen LogP contribution in [0.25, 0.3) is 10.2 Å². The monoisotopic (exact) mass is 451 g/mol. The predicted octanol–water partition coefficient (Wildman–Crippen LogP) is 3.39. The molecule has 0 saturated carbocycles. The number of thiazole rings is 1. The summed E-state index contributed by atoms with van der Waals surface area (Å²) in [4.78, 5) is 24.2. The van der Waals surface area contributed by atoms with Crippen molar-refractivity contribution in [1.29, 1.82) is 0 Å². The molecule has 11 heteroatoms. The van der Waals surface area contributed by atoms with Crippen molar-refractivity contribution >= 4 is 38.5 Å². The number of aromatic nitrogens is 2. The molecule has 1 aliphatic heterocycles. The average Bonchev–Trinajstić information content (AvgIpc) is 3.09. The lowest BCUT2D eigenvalue weighted by atomic mass is 10.1. The smallest absolute Gasteiger partial charge is 0.323 e. The zero-order valence-corrected chi connectivity index (χ0v) is 17.4. The van der Waals surface area contributed by atoms with Crippen molar-refractivity contribution in [2.45, 2.75) is 19.4 Å². The number of piperazine rings is 1. The second kappa shape index (κ2) is 8.67. The summed E-state index contributed by atoms with van der Waals surface area (Å²) < 4.78 is 41.6. The van der Waals surface area contributed by atoms with E-state index in [4.69, 9.17) is 0 Å². The Morgan fingerprint density at radius 1 is 1.16 bits per heavy atom. The van der Waals surface area contributed by atoms with Crippen LogP contribution < -0.4 is 10.2 Å². The number of benzene rings is 1. The van der Waals surface area contributed by atoms with Crippen LogP contribution in [0.2, 0.25) is 0 Å². The Labute approximate surface area is 180 Å². The van der Waals surface area contributed by atoms with Gasteiger partial charge in [0, 0.05) is 38.4 Å². The van der Waals surface area contributed by atoms with E-state index in [1.807, 2.05) is 0 Å². The third kappa shape index (κ3) is 4.72. The molecule has 1 saturated heterocycles. The van der Waals surface area contributed by atoms with Crippen molar-refractivity contribution in [2.24, 2.45) is 0 Å². The van der Waals surface area contributed by atoms with Crippen LogP contribution in [0.3, 0.4) is 0 Å². The first-order chi connectivity index (χ1) is 14.8. The Kier molecular flexibility index (Phi) is 5.96. The van der Waals surface area contributed by atoms with Gasteiger partial charge < -0.3 is 14.9 Å². The van der Waals surface area contributed by atoms with Gasteiger partial charge in [0.2, 0.25) is 0 Å². The summed E-state index contributed by atoms with van der Waals surface area (Å²) in [5.74, 6) is -2.22. The van der Waals surface area contributed by atoms with E-state index in [-0.39, 0.29) is 22.5 Å². The zero-order valence-electron chi connectivity index (χ0n) is 16.6. The maximum absolute atomic E-state index is 14.4. The molecule has 2 N–H and O–H groups in total. The molecule has 3 heterocycles. The van der Waals surface area contributed by atoms with Crippen LogP contribution in [0, 0.1) is 17.5 Å². The van der Waals surface area contributed by atoms with Gasteiger partial charge in [-0.25, -0.2) is 27.9 Å². The van der Waals surface area contributed by atoms with Gasteiger partial charge in [0.15, 0.2) is 28.4 Å². The molecule has 0 aliphatic carbocycles. The van der Waals surface area contributed by atoms with Gasteiger partial charge in [0.05, 0.1) is 16.3 Å². The number of hydrogen-bond acceptors (Lipinski definition) is 6. The van der Waals surface area contributed by atoms with E-state index in [1.54, 1.807) is 22.9 Å². The standard InChI is InChI=1S/C20H20F3N5O2S/c1-11(29)6-12-7-15(23)18(24-10-12)27-2-4-28(5-3-27)20(30)26-19-25-16-8-13(21)14(22)9-17(16)31-19/h7-11,29H,2-6H2,1H3,(H,25,26,30). The van der Waals surface area contributed by atoms with Gasteiger partial charge in [-0.1, -0.05) is 11.3 Å². The van der Waals surface area contributed by atoms with Gasteiger partial charge in [-0.2, -0.15) is 0 Å². The van der Waals surface area contributed by atoms with E-state index in [2.05, 4.69) is 15.3 Å². The van der Waals surface area contributed by atoms with Crippen molar-refractivity contribution in [3.05, 3.63) is 47.4 Å². The molecule has 164 valence electrons. The summed E-state index contributed by atoms with van der Waals surface area (Å²) >= 11 is 1.05. The summed E-state index contributed by atoms with van der Waals surface area (Å²) in [6.07, 6.45) is 1.29. The summed E-state index contributed by atoms with van der Waals surface area (Å²) in [5, 5.41) is 12.3. The van der Waals surface area contributed by atoms with Crippen LogP contribution in [0.1, 0.15) is 12.5 Å².